The predicted molar refractivity (Wildman–Crippen MR) is 65.7 cm³/mol. The molecular formula is C13H9F3N2O3. The number of halogens is 3. The summed E-state index contributed by atoms with van der Waals surface area (Å²) < 4.78 is 44.8. The van der Waals surface area contributed by atoms with E-state index in [1.807, 2.05) is 0 Å². The molecule has 1 aromatic heterocycles. The lowest BCUT2D eigenvalue weighted by Gasteiger charge is -2.08. The fourth-order valence-corrected chi connectivity index (χ4v) is 1.57. The van der Waals surface area contributed by atoms with Gasteiger partial charge < -0.3 is 4.74 Å². The molecule has 0 saturated carbocycles. The summed E-state index contributed by atoms with van der Waals surface area (Å²) in [5.74, 6) is -5.41. The largest absolute Gasteiger partial charge is 0.461 e. The smallest absolute Gasteiger partial charge is 0.362 e. The van der Waals surface area contributed by atoms with Gasteiger partial charge >= 0.3 is 5.97 Å². The third-order valence-corrected chi connectivity index (χ3v) is 2.51. The van der Waals surface area contributed by atoms with E-state index in [2.05, 4.69) is 9.84 Å². The molecule has 110 valence electrons. The Morgan fingerprint density at radius 2 is 1.90 bits per heavy atom. The summed E-state index contributed by atoms with van der Waals surface area (Å²) >= 11 is 0. The van der Waals surface area contributed by atoms with Crippen molar-refractivity contribution in [3.63, 3.8) is 0 Å². The molecule has 0 aliphatic carbocycles. The molecule has 8 heteroatoms. The van der Waals surface area contributed by atoms with Crippen LogP contribution in [0.4, 0.5) is 13.2 Å². The SMILES string of the molecule is CCOC(=O)c1nn(-c2cc(F)c(F)c(F)c2)ccc1=O. The molecule has 0 fully saturated rings. The molecular weight excluding hydrogens is 289 g/mol. The van der Waals surface area contributed by atoms with Crippen molar-refractivity contribution in [3.8, 4) is 5.69 Å². The second-order valence-corrected chi connectivity index (χ2v) is 3.92. The lowest BCUT2D eigenvalue weighted by atomic mass is 10.3. The second kappa shape index (κ2) is 5.78. The van der Waals surface area contributed by atoms with Gasteiger partial charge in [-0.2, -0.15) is 5.10 Å². The molecule has 0 aliphatic heterocycles. The number of nitrogens with zero attached hydrogens (tertiary/aromatic N) is 2. The minimum Gasteiger partial charge on any atom is -0.461 e. The van der Waals surface area contributed by atoms with Gasteiger partial charge in [0.15, 0.2) is 17.5 Å². The number of esters is 1. The van der Waals surface area contributed by atoms with E-state index in [0.29, 0.717) is 12.1 Å². The highest BCUT2D eigenvalue weighted by molar-refractivity contribution is 5.86. The highest BCUT2D eigenvalue weighted by Crippen LogP contribution is 2.15. The summed E-state index contributed by atoms with van der Waals surface area (Å²) in [6.07, 6.45) is 1.09. The molecule has 2 aromatic rings. The first kappa shape index (κ1) is 14.8. The van der Waals surface area contributed by atoms with Crippen LogP contribution < -0.4 is 5.43 Å². The molecule has 0 saturated heterocycles. The summed E-state index contributed by atoms with van der Waals surface area (Å²) in [7, 11) is 0. The summed E-state index contributed by atoms with van der Waals surface area (Å²) in [6.45, 7) is 1.58. The fourth-order valence-electron chi connectivity index (χ4n) is 1.57. The maximum absolute atomic E-state index is 13.2. The van der Waals surface area contributed by atoms with Crippen LogP contribution in [-0.4, -0.2) is 22.4 Å². The molecule has 0 aliphatic rings. The number of aromatic nitrogens is 2. The molecule has 1 heterocycles. The van der Waals surface area contributed by atoms with Crippen LogP contribution in [0.15, 0.2) is 29.2 Å². The van der Waals surface area contributed by atoms with Gasteiger partial charge in [-0.05, 0) is 6.92 Å². The molecule has 0 atom stereocenters. The highest BCUT2D eigenvalue weighted by atomic mass is 19.2. The predicted octanol–water partition coefficient (Wildman–Crippen LogP) is 1.83. The molecule has 0 bridgehead atoms. The van der Waals surface area contributed by atoms with E-state index >= 15 is 0 Å². The van der Waals surface area contributed by atoms with Gasteiger partial charge in [0.05, 0.1) is 12.3 Å². The molecule has 0 amide bonds. The Labute approximate surface area is 116 Å². The van der Waals surface area contributed by atoms with Crippen molar-refractivity contribution in [2.45, 2.75) is 6.92 Å². The Balaban J connectivity index is 2.53. The number of rotatable bonds is 3. The van der Waals surface area contributed by atoms with Crippen molar-refractivity contribution in [1.29, 1.82) is 0 Å². The number of hydrogen-bond acceptors (Lipinski definition) is 4. The van der Waals surface area contributed by atoms with Crippen LogP contribution in [0.25, 0.3) is 5.69 Å². The molecule has 1 aromatic carbocycles. The monoisotopic (exact) mass is 298 g/mol. The van der Waals surface area contributed by atoms with Crippen molar-refractivity contribution in [2.24, 2.45) is 0 Å². The Morgan fingerprint density at radius 3 is 2.48 bits per heavy atom. The van der Waals surface area contributed by atoms with E-state index in [1.54, 1.807) is 6.92 Å². The normalized spacial score (nSPS) is 10.5. The quantitative estimate of drug-likeness (QED) is 0.640. The molecule has 0 N–H and O–H groups in total. The van der Waals surface area contributed by atoms with Crippen LogP contribution in [-0.2, 0) is 4.74 Å². The number of benzene rings is 1. The fraction of sp³-hybridized carbons (Fsp3) is 0.154. The van der Waals surface area contributed by atoms with Crippen molar-refractivity contribution in [3.05, 3.63) is 57.8 Å². The zero-order valence-corrected chi connectivity index (χ0v) is 10.8. The van der Waals surface area contributed by atoms with Gasteiger partial charge in [-0.15, -0.1) is 0 Å². The first-order valence-electron chi connectivity index (χ1n) is 5.86. The average Bonchev–Trinajstić information content (AvgIpc) is 2.45. The van der Waals surface area contributed by atoms with E-state index in [-0.39, 0.29) is 12.3 Å². The number of hydrogen-bond donors (Lipinski definition) is 0. The number of ether oxygens (including phenoxy) is 1. The van der Waals surface area contributed by atoms with E-state index in [4.69, 9.17) is 0 Å². The molecule has 0 spiro atoms. The van der Waals surface area contributed by atoms with Crippen LogP contribution in [0.3, 0.4) is 0 Å². The molecule has 0 unspecified atom stereocenters. The Morgan fingerprint density at radius 1 is 1.29 bits per heavy atom. The lowest BCUT2D eigenvalue weighted by Crippen LogP contribution is -2.22. The van der Waals surface area contributed by atoms with Crippen molar-refractivity contribution >= 4 is 5.97 Å². The van der Waals surface area contributed by atoms with Gasteiger partial charge in [0, 0.05) is 24.4 Å². The molecule has 21 heavy (non-hydrogen) atoms. The Kier molecular flexibility index (Phi) is 4.06. The summed E-state index contributed by atoms with van der Waals surface area (Å²) in [6, 6.07) is 2.36. The van der Waals surface area contributed by atoms with E-state index in [9.17, 15) is 22.8 Å². The van der Waals surface area contributed by atoms with Gasteiger partial charge in [0.25, 0.3) is 0 Å². The average molecular weight is 298 g/mol. The van der Waals surface area contributed by atoms with Crippen LogP contribution in [0.2, 0.25) is 0 Å². The number of carbonyl (C=O) groups excluding carboxylic acids is 1. The zero-order valence-electron chi connectivity index (χ0n) is 10.8. The minimum atomic E-state index is -1.62. The molecule has 2 rings (SSSR count). The molecule has 5 nitrogen and oxygen atoms in total. The highest BCUT2D eigenvalue weighted by Gasteiger charge is 2.16. The van der Waals surface area contributed by atoms with Crippen molar-refractivity contribution in [1.82, 2.24) is 9.78 Å². The maximum Gasteiger partial charge on any atom is 0.362 e. The Hall–Kier alpha value is -2.64. The van der Waals surface area contributed by atoms with Gasteiger partial charge in [-0.25, -0.2) is 22.6 Å². The van der Waals surface area contributed by atoms with Gasteiger partial charge in [0.1, 0.15) is 0 Å². The van der Waals surface area contributed by atoms with Gasteiger partial charge in [0.2, 0.25) is 11.1 Å². The third-order valence-electron chi connectivity index (χ3n) is 2.51. The summed E-state index contributed by atoms with van der Waals surface area (Å²) in [5, 5.41) is 3.65. The second-order valence-electron chi connectivity index (χ2n) is 3.92. The zero-order chi connectivity index (χ0) is 15.6. The van der Waals surface area contributed by atoms with E-state index < -0.39 is 34.5 Å². The van der Waals surface area contributed by atoms with E-state index in [1.165, 1.54) is 0 Å². The standard InChI is InChI=1S/C13H9F3N2O3/c1-2-21-13(20)12-10(19)3-4-18(17-12)7-5-8(14)11(16)9(15)6-7/h3-6H,2H2,1H3. The maximum atomic E-state index is 13.2. The summed E-state index contributed by atoms with van der Waals surface area (Å²) in [5.41, 5.74) is -1.42. The third kappa shape index (κ3) is 2.93. The Bertz CT molecular complexity index is 736. The first-order valence-corrected chi connectivity index (χ1v) is 5.86. The summed E-state index contributed by atoms with van der Waals surface area (Å²) in [4.78, 5) is 23.1. The van der Waals surface area contributed by atoms with Crippen molar-refractivity contribution in [2.75, 3.05) is 6.61 Å². The molecule has 0 radical (unpaired) electrons. The van der Waals surface area contributed by atoms with E-state index in [0.717, 1.165) is 16.9 Å². The van der Waals surface area contributed by atoms with Crippen LogP contribution >= 0.6 is 0 Å². The van der Waals surface area contributed by atoms with Gasteiger partial charge in [-0.3, -0.25) is 4.79 Å². The van der Waals surface area contributed by atoms with Gasteiger partial charge in [-0.1, -0.05) is 0 Å². The van der Waals surface area contributed by atoms with Crippen LogP contribution in [0.5, 0.6) is 0 Å². The topological polar surface area (TPSA) is 61.2 Å². The van der Waals surface area contributed by atoms with Crippen molar-refractivity contribution < 1.29 is 22.7 Å². The first-order chi connectivity index (χ1) is 9.93. The minimum absolute atomic E-state index is 0.0364. The van der Waals surface area contributed by atoms with Crippen LogP contribution in [0.1, 0.15) is 17.4 Å². The van der Waals surface area contributed by atoms with Crippen LogP contribution in [0, 0.1) is 17.5 Å². The lowest BCUT2D eigenvalue weighted by molar-refractivity contribution is 0.0515. The number of carbonyl (C=O) groups is 1.